The molecule has 1 aliphatic carbocycles. The van der Waals surface area contributed by atoms with Gasteiger partial charge in [0.15, 0.2) is 0 Å². The second kappa shape index (κ2) is 7.94. The second-order valence-electron chi connectivity index (χ2n) is 3.97. The molecule has 86 valence electrons. The Balaban J connectivity index is 2.53. The van der Waals surface area contributed by atoms with Gasteiger partial charge in [-0.15, -0.1) is 0 Å². The van der Waals surface area contributed by atoms with Crippen LogP contribution in [0.3, 0.4) is 0 Å². The fourth-order valence-electron chi connectivity index (χ4n) is 2.00. The Kier molecular flexibility index (Phi) is 6.78. The summed E-state index contributed by atoms with van der Waals surface area (Å²) in [5.74, 6) is 0. The number of hydrogen-bond donors (Lipinski definition) is 0. The Morgan fingerprint density at radius 3 is 2.40 bits per heavy atom. The van der Waals surface area contributed by atoms with E-state index in [0.717, 1.165) is 19.6 Å². The molecule has 0 bridgehead atoms. The smallest absolute Gasteiger partial charge is 0.408 e. The molecule has 1 rings (SSSR count). The van der Waals surface area contributed by atoms with Crippen LogP contribution in [-0.4, -0.2) is 20.3 Å². The third-order valence-corrected chi connectivity index (χ3v) is 2.76. The summed E-state index contributed by atoms with van der Waals surface area (Å²) in [6.07, 6.45) is 9.97. The first kappa shape index (κ1) is 12.8. The van der Waals surface area contributed by atoms with Crippen LogP contribution in [0.2, 0.25) is 0 Å². The van der Waals surface area contributed by atoms with Crippen LogP contribution in [0.4, 0.5) is 0 Å². The molecule has 0 heterocycles. The summed E-state index contributed by atoms with van der Waals surface area (Å²) in [6.45, 7) is 5.50. The van der Waals surface area contributed by atoms with Gasteiger partial charge in [-0.1, -0.05) is 25.3 Å². The van der Waals surface area contributed by atoms with Crippen LogP contribution in [0.25, 0.3) is 0 Å². The molecule has 0 amide bonds. The average Bonchev–Trinajstić information content (AvgIpc) is 2.17. The van der Waals surface area contributed by atoms with Crippen molar-refractivity contribution in [2.45, 2.75) is 52.4 Å². The summed E-state index contributed by atoms with van der Waals surface area (Å²) < 4.78 is 11.3. The van der Waals surface area contributed by atoms with Crippen molar-refractivity contribution in [2.24, 2.45) is 0 Å². The molecule has 0 radical (unpaired) electrons. The van der Waals surface area contributed by atoms with Crippen LogP contribution in [0.1, 0.15) is 52.4 Å². The van der Waals surface area contributed by atoms with Crippen molar-refractivity contribution < 1.29 is 9.31 Å². The van der Waals surface area contributed by atoms with Gasteiger partial charge in [0, 0.05) is 13.2 Å². The van der Waals surface area contributed by atoms with Gasteiger partial charge in [0.25, 0.3) is 0 Å². The molecular weight excluding hydrogens is 187 g/mol. The first-order chi connectivity index (χ1) is 7.38. The van der Waals surface area contributed by atoms with E-state index in [1.807, 2.05) is 13.8 Å². The molecule has 3 heteroatoms. The highest BCUT2D eigenvalue weighted by Crippen LogP contribution is 2.19. The first-order valence-corrected chi connectivity index (χ1v) is 6.30. The van der Waals surface area contributed by atoms with Gasteiger partial charge in [-0.2, -0.15) is 0 Å². The van der Waals surface area contributed by atoms with Gasteiger partial charge in [-0.3, -0.25) is 0 Å². The van der Waals surface area contributed by atoms with E-state index in [1.165, 1.54) is 37.6 Å². The highest BCUT2D eigenvalue weighted by atomic mass is 16.6. The number of hydrogen-bond acceptors (Lipinski definition) is 2. The molecule has 0 spiro atoms. The molecule has 0 saturated carbocycles. The largest absolute Gasteiger partial charge is 0.489 e. The molecule has 15 heavy (non-hydrogen) atoms. The Labute approximate surface area is 94.2 Å². The highest BCUT2D eigenvalue weighted by molar-refractivity contribution is 6.53. The predicted octanol–water partition coefficient (Wildman–Crippen LogP) is 3.37. The molecule has 0 atom stereocenters. The van der Waals surface area contributed by atoms with E-state index < -0.39 is 0 Å². The Bertz CT molecular complexity index is 186. The normalized spacial score (nSPS) is 17.9. The lowest BCUT2D eigenvalue weighted by Gasteiger charge is -2.17. The molecule has 0 aromatic heterocycles. The van der Waals surface area contributed by atoms with Crippen molar-refractivity contribution >= 4 is 7.12 Å². The summed E-state index contributed by atoms with van der Waals surface area (Å²) in [6, 6.07) is 0. The Hall–Kier alpha value is -0.275. The summed E-state index contributed by atoms with van der Waals surface area (Å²) in [7, 11) is -0.0851. The predicted molar refractivity (Wildman–Crippen MR) is 64.8 cm³/mol. The molecule has 0 fully saturated rings. The summed E-state index contributed by atoms with van der Waals surface area (Å²) in [5, 5.41) is 0. The lowest BCUT2D eigenvalue weighted by Crippen LogP contribution is -2.26. The van der Waals surface area contributed by atoms with E-state index >= 15 is 0 Å². The van der Waals surface area contributed by atoms with E-state index in [1.54, 1.807) is 0 Å². The van der Waals surface area contributed by atoms with E-state index in [0.29, 0.717) is 0 Å². The van der Waals surface area contributed by atoms with E-state index in [9.17, 15) is 0 Å². The van der Waals surface area contributed by atoms with Crippen LogP contribution in [-0.2, 0) is 9.31 Å². The summed E-state index contributed by atoms with van der Waals surface area (Å²) in [5.41, 5.74) is 1.36. The van der Waals surface area contributed by atoms with Crippen molar-refractivity contribution in [1.29, 1.82) is 0 Å². The third kappa shape index (κ3) is 4.85. The van der Waals surface area contributed by atoms with Crippen LogP contribution in [0.5, 0.6) is 0 Å². The highest BCUT2D eigenvalue weighted by Gasteiger charge is 2.22. The third-order valence-electron chi connectivity index (χ3n) is 2.76. The minimum absolute atomic E-state index is 0.0851. The molecule has 0 unspecified atom stereocenters. The van der Waals surface area contributed by atoms with Crippen molar-refractivity contribution in [2.75, 3.05) is 13.2 Å². The van der Waals surface area contributed by atoms with Gasteiger partial charge in [0.2, 0.25) is 0 Å². The van der Waals surface area contributed by atoms with Gasteiger partial charge in [0.1, 0.15) is 0 Å². The minimum atomic E-state index is -0.0851. The maximum atomic E-state index is 5.63. The molecule has 0 aliphatic heterocycles. The Morgan fingerprint density at radius 1 is 1.07 bits per heavy atom. The van der Waals surface area contributed by atoms with Gasteiger partial charge in [0.05, 0.1) is 0 Å². The quantitative estimate of drug-likeness (QED) is 0.647. The van der Waals surface area contributed by atoms with Crippen molar-refractivity contribution in [3.63, 3.8) is 0 Å². The van der Waals surface area contributed by atoms with Crippen LogP contribution in [0, 0.1) is 0 Å². The lowest BCUT2D eigenvalue weighted by atomic mass is 9.73. The topological polar surface area (TPSA) is 18.5 Å². The zero-order valence-electron chi connectivity index (χ0n) is 10.1. The van der Waals surface area contributed by atoms with Crippen molar-refractivity contribution in [3.8, 4) is 0 Å². The molecule has 2 nitrogen and oxygen atoms in total. The van der Waals surface area contributed by atoms with Crippen molar-refractivity contribution in [1.82, 2.24) is 0 Å². The number of allylic oxidation sites excluding steroid dienone is 2. The number of rotatable bonds is 5. The SMILES string of the molecule is CCOB(OCC)C1=CCCCCCC1. The lowest BCUT2D eigenvalue weighted by molar-refractivity contribution is 0.220. The summed E-state index contributed by atoms with van der Waals surface area (Å²) in [4.78, 5) is 0. The van der Waals surface area contributed by atoms with Crippen molar-refractivity contribution in [3.05, 3.63) is 11.5 Å². The van der Waals surface area contributed by atoms with Crippen LogP contribution >= 0.6 is 0 Å². The molecule has 0 N–H and O–H groups in total. The maximum Gasteiger partial charge on any atom is 0.489 e. The minimum Gasteiger partial charge on any atom is -0.408 e. The first-order valence-electron chi connectivity index (χ1n) is 6.30. The molecule has 0 aromatic carbocycles. The fourth-order valence-corrected chi connectivity index (χ4v) is 2.00. The van der Waals surface area contributed by atoms with E-state index in [-0.39, 0.29) is 7.12 Å². The molecule has 0 aromatic rings. The maximum absolute atomic E-state index is 5.63. The summed E-state index contributed by atoms with van der Waals surface area (Å²) >= 11 is 0. The Morgan fingerprint density at radius 2 is 1.73 bits per heavy atom. The van der Waals surface area contributed by atoms with Gasteiger partial charge >= 0.3 is 7.12 Å². The molecular formula is C12H23BO2. The van der Waals surface area contributed by atoms with Crippen LogP contribution in [0.15, 0.2) is 11.5 Å². The van der Waals surface area contributed by atoms with Gasteiger partial charge in [-0.25, -0.2) is 0 Å². The molecule has 1 aliphatic rings. The van der Waals surface area contributed by atoms with E-state index in [2.05, 4.69) is 6.08 Å². The zero-order chi connectivity index (χ0) is 10.9. The average molecular weight is 210 g/mol. The monoisotopic (exact) mass is 210 g/mol. The molecule has 0 saturated heterocycles. The second-order valence-corrected chi connectivity index (χ2v) is 3.97. The standard InChI is InChI=1S/C12H23BO2/c1-3-14-13(15-4-2)12-10-8-6-5-7-9-11-12/h10H,3-9,11H2,1-2H3. The van der Waals surface area contributed by atoms with Crippen LogP contribution < -0.4 is 0 Å². The zero-order valence-corrected chi connectivity index (χ0v) is 10.1. The van der Waals surface area contributed by atoms with Gasteiger partial charge < -0.3 is 9.31 Å². The van der Waals surface area contributed by atoms with E-state index in [4.69, 9.17) is 9.31 Å². The van der Waals surface area contributed by atoms with Gasteiger partial charge in [-0.05, 0) is 38.6 Å². The fraction of sp³-hybridized carbons (Fsp3) is 0.833.